The number of carbonyl (C=O) groups is 2. The molecule has 1 N–H and O–H groups in total. The van der Waals surface area contributed by atoms with Gasteiger partial charge in [0.1, 0.15) is 0 Å². The summed E-state index contributed by atoms with van der Waals surface area (Å²) in [7, 11) is 0. The Morgan fingerprint density at radius 3 is 2.32 bits per heavy atom. The minimum Gasteiger partial charge on any atom is -0.343 e. The van der Waals surface area contributed by atoms with Gasteiger partial charge in [0.25, 0.3) is 0 Å². The largest absolute Gasteiger partial charge is 0.343 e. The number of nitrogens with zero attached hydrogens (tertiary/aromatic N) is 3. The molecule has 0 radical (unpaired) electrons. The van der Waals surface area contributed by atoms with Gasteiger partial charge in [0.05, 0.1) is 5.41 Å². The maximum atomic E-state index is 13.5. The topological polar surface area (TPSA) is 75.2 Å². The lowest BCUT2D eigenvalue weighted by Crippen LogP contribution is -2.50. The average molecular weight is 453 g/mol. The molecule has 1 saturated heterocycles. The molecule has 2 amide bonds. The van der Waals surface area contributed by atoms with E-state index in [0.717, 1.165) is 15.7 Å². The first kappa shape index (κ1) is 21.5. The second-order valence-corrected chi connectivity index (χ2v) is 9.76. The summed E-state index contributed by atoms with van der Waals surface area (Å²) >= 11 is 2.99. The van der Waals surface area contributed by atoms with Crippen LogP contribution in [0.5, 0.6) is 0 Å². The van der Waals surface area contributed by atoms with Crippen molar-refractivity contribution in [1.82, 2.24) is 15.1 Å². The number of hydrogen-bond donors (Lipinski definition) is 1. The van der Waals surface area contributed by atoms with Crippen LogP contribution in [-0.4, -0.2) is 40.0 Å². The molecule has 1 aliphatic heterocycles. The number of anilines is 1. The van der Waals surface area contributed by atoms with Crippen LogP contribution in [-0.2, 0) is 20.8 Å². The van der Waals surface area contributed by atoms with E-state index < -0.39 is 5.41 Å². The highest BCUT2D eigenvalue weighted by molar-refractivity contribution is 8.00. The molecule has 3 aromatic rings. The Balaban J connectivity index is 1.47. The van der Waals surface area contributed by atoms with Crippen molar-refractivity contribution in [2.75, 3.05) is 18.4 Å². The summed E-state index contributed by atoms with van der Waals surface area (Å²) in [5.74, 6) is 0.766. The molecular formula is C23H24N4O2S2. The Hall–Kier alpha value is -2.71. The van der Waals surface area contributed by atoms with Crippen molar-refractivity contribution in [2.24, 2.45) is 0 Å². The molecule has 0 atom stereocenters. The van der Waals surface area contributed by atoms with Crippen LogP contribution >= 0.6 is 23.1 Å². The van der Waals surface area contributed by atoms with Gasteiger partial charge in [-0.15, -0.1) is 10.2 Å². The van der Waals surface area contributed by atoms with Crippen LogP contribution in [0.1, 0.15) is 30.9 Å². The number of nitrogens with one attached hydrogen (secondary N) is 1. The number of benzene rings is 2. The molecule has 8 heteroatoms. The Kier molecular flexibility index (Phi) is 6.67. The Bertz CT molecular complexity index is 1030. The van der Waals surface area contributed by atoms with E-state index in [4.69, 9.17) is 0 Å². The first-order chi connectivity index (χ1) is 15.1. The van der Waals surface area contributed by atoms with E-state index in [0.29, 0.717) is 31.1 Å². The Labute approximate surface area is 190 Å². The summed E-state index contributed by atoms with van der Waals surface area (Å²) < 4.78 is 0.819. The molecule has 0 aliphatic carbocycles. The van der Waals surface area contributed by atoms with Crippen molar-refractivity contribution in [3.05, 3.63) is 71.8 Å². The first-order valence-corrected chi connectivity index (χ1v) is 12.0. The Morgan fingerprint density at radius 1 is 1.03 bits per heavy atom. The fourth-order valence-corrected chi connectivity index (χ4v) is 5.56. The fourth-order valence-electron chi connectivity index (χ4n) is 3.86. The van der Waals surface area contributed by atoms with E-state index in [1.165, 1.54) is 16.9 Å². The maximum absolute atomic E-state index is 13.5. The van der Waals surface area contributed by atoms with Gasteiger partial charge in [0.15, 0.2) is 4.34 Å². The Morgan fingerprint density at radius 2 is 1.68 bits per heavy atom. The van der Waals surface area contributed by atoms with Crippen molar-refractivity contribution in [3.8, 4) is 0 Å². The van der Waals surface area contributed by atoms with E-state index >= 15 is 0 Å². The third-order valence-electron chi connectivity index (χ3n) is 5.66. The zero-order valence-corrected chi connectivity index (χ0v) is 18.9. The molecule has 31 heavy (non-hydrogen) atoms. The molecule has 0 spiro atoms. The van der Waals surface area contributed by atoms with Gasteiger partial charge in [-0.1, -0.05) is 83.8 Å². The molecule has 6 nitrogen and oxygen atoms in total. The number of carbonyl (C=O) groups excluding carboxylic acids is 2. The van der Waals surface area contributed by atoms with Crippen molar-refractivity contribution in [3.63, 3.8) is 0 Å². The van der Waals surface area contributed by atoms with Crippen molar-refractivity contribution < 1.29 is 9.59 Å². The molecule has 0 bridgehead atoms. The monoisotopic (exact) mass is 452 g/mol. The van der Waals surface area contributed by atoms with Gasteiger partial charge in [0.2, 0.25) is 16.9 Å². The first-order valence-electron chi connectivity index (χ1n) is 10.2. The summed E-state index contributed by atoms with van der Waals surface area (Å²) in [6.07, 6.45) is 1.16. The second-order valence-electron chi connectivity index (χ2n) is 7.56. The van der Waals surface area contributed by atoms with Gasteiger partial charge in [-0.05, 0) is 24.0 Å². The van der Waals surface area contributed by atoms with Crippen LogP contribution in [0.15, 0.2) is 65.0 Å². The van der Waals surface area contributed by atoms with Crippen LogP contribution in [0.4, 0.5) is 5.13 Å². The molecule has 4 rings (SSSR count). The third-order valence-corrected chi connectivity index (χ3v) is 7.70. The molecule has 2 heterocycles. The van der Waals surface area contributed by atoms with Crippen LogP contribution in [0, 0.1) is 0 Å². The van der Waals surface area contributed by atoms with Gasteiger partial charge in [0, 0.05) is 25.8 Å². The lowest BCUT2D eigenvalue weighted by molar-refractivity contribution is -0.133. The summed E-state index contributed by atoms with van der Waals surface area (Å²) in [4.78, 5) is 27.1. The second kappa shape index (κ2) is 9.62. The zero-order chi connectivity index (χ0) is 21.7. The molecule has 160 valence electrons. The SMILES string of the molecule is CC(=O)N1CCC(C(=O)Nc2nnc(SCc3ccccc3)s2)(c2ccccc2)CC1. The smallest absolute Gasteiger partial charge is 0.236 e. The van der Waals surface area contributed by atoms with Gasteiger partial charge in [-0.25, -0.2) is 0 Å². The summed E-state index contributed by atoms with van der Waals surface area (Å²) in [6, 6.07) is 20.0. The highest BCUT2D eigenvalue weighted by atomic mass is 32.2. The van der Waals surface area contributed by atoms with Crippen LogP contribution in [0.2, 0.25) is 0 Å². The summed E-state index contributed by atoms with van der Waals surface area (Å²) in [5, 5.41) is 11.9. The number of hydrogen-bond acceptors (Lipinski definition) is 6. The number of aromatic nitrogens is 2. The lowest BCUT2D eigenvalue weighted by Gasteiger charge is -2.40. The van der Waals surface area contributed by atoms with Crippen LogP contribution in [0.3, 0.4) is 0 Å². The summed E-state index contributed by atoms with van der Waals surface area (Å²) in [5.41, 5.74) is 1.50. The van der Waals surface area contributed by atoms with E-state index in [9.17, 15) is 9.59 Å². The van der Waals surface area contributed by atoms with Gasteiger partial charge in [-0.3, -0.25) is 14.9 Å². The van der Waals surface area contributed by atoms with E-state index in [1.54, 1.807) is 23.6 Å². The van der Waals surface area contributed by atoms with Gasteiger partial charge < -0.3 is 4.90 Å². The van der Waals surface area contributed by atoms with E-state index in [1.807, 2.05) is 48.5 Å². The number of thioether (sulfide) groups is 1. The van der Waals surface area contributed by atoms with E-state index in [-0.39, 0.29) is 11.8 Å². The normalized spacial score (nSPS) is 15.5. The third kappa shape index (κ3) is 4.97. The zero-order valence-electron chi connectivity index (χ0n) is 17.3. The quantitative estimate of drug-likeness (QED) is 0.445. The highest BCUT2D eigenvalue weighted by Crippen LogP contribution is 2.37. The molecule has 1 aliphatic rings. The van der Waals surface area contributed by atoms with Crippen LogP contribution < -0.4 is 5.32 Å². The maximum Gasteiger partial charge on any atom is 0.236 e. The molecule has 0 unspecified atom stereocenters. The van der Waals surface area contributed by atoms with E-state index in [2.05, 4.69) is 27.6 Å². The van der Waals surface area contributed by atoms with Crippen molar-refractivity contribution in [1.29, 1.82) is 0 Å². The number of amides is 2. The van der Waals surface area contributed by atoms with Crippen molar-refractivity contribution >= 4 is 40.0 Å². The van der Waals surface area contributed by atoms with Crippen LogP contribution in [0.25, 0.3) is 0 Å². The molecular weight excluding hydrogens is 428 g/mol. The summed E-state index contributed by atoms with van der Waals surface area (Å²) in [6.45, 7) is 2.70. The predicted molar refractivity (Wildman–Crippen MR) is 124 cm³/mol. The van der Waals surface area contributed by atoms with Gasteiger partial charge >= 0.3 is 0 Å². The number of piperidine rings is 1. The van der Waals surface area contributed by atoms with Crippen molar-refractivity contribution in [2.45, 2.75) is 35.3 Å². The fraction of sp³-hybridized carbons (Fsp3) is 0.304. The minimum absolute atomic E-state index is 0.0475. The molecule has 1 aromatic heterocycles. The molecule has 2 aromatic carbocycles. The minimum atomic E-state index is -0.684. The standard InChI is InChI=1S/C23H24N4O2S2/c1-17(28)27-14-12-23(13-15-27,19-10-6-3-7-11-19)20(29)24-21-25-26-22(31-21)30-16-18-8-4-2-5-9-18/h2-11H,12-16H2,1H3,(H,24,25,29). The average Bonchev–Trinajstić information content (AvgIpc) is 3.26. The predicted octanol–water partition coefficient (Wildman–Crippen LogP) is 4.35. The number of rotatable bonds is 6. The molecule has 0 saturated carbocycles. The number of likely N-dealkylation sites (tertiary alicyclic amines) is 1. The van der Waals surface area contributed by atoms with Gasteiger partial charge in [-0.2, -0.15) is 0 Å². The highest BCUT2D eigenvalue weighted by Gasteiger charge is 2.43. The lowest BCUT2D eigenvalue weighted by atomic mass is 9.72. The molecule has 1 fully saturated rings.